The molecule has 4 aromatic rings. The standard InChI is InChI=1S/C21H20ClF4N.C5H5FN2/c1-3-4-5-15-18-17(11-10-16(22)19(18)23)27-20(15)12(2)13-6-8-14(9-7-13)21(24,25)26;1-4-7-2-5(6)3-8-4/h6-12,27H,3-5H2,1-2H3;2-3H,1H3. The van der Waals surface area contributed by atoms with Gasteiger partial charge in [0, 0.05) is 22.5 Å². The Kier molecular flexibility index (Phi) is 8.48. The van der Waals surface area contributed by atoms with Crippen molar-refractivity contribution in [3.8, 4) is 0 Å². The number of unbranched alkanes of at least 4 members (excludes halogenated alkanes) is 1. The predicted molar refractivity (Wildman–Crippen MR) is 128 cm³/mol. The zero-order valence-corrected chi connectivity index (χ0v) is 20.2. The number of aromatic nitrogens is 3. The van der Waals surface area contributed by atoms with Gasteiger partial charge in [-0.25, -0.2) is 18.7 Å². The number of aromatic amines is 1. The average Bonchev–Trinajstić information content (AvgIpc) is 3.20. The van der Waals surface area contributed by atoms with E-state index in [1.807, 2.05) is 6.92 Å². The Morgan fingerprint density at radius 3 is 2.17 bits per heavy atom. The first-order valence-electron chi connectivity index (χ1n) is 11.1. The van der Waals surface area contributed by atoms with Crippen LogP contribution in [0.15, 0.2) is 48.8 Å². The van der Waals surface area contributed by atoms with Gasteiger partial charge in [0.1, 0.15) is 5.82 Å². The first-order chi connectivity index (χ1) is 16.5. The molecule has 0 amide bonds. The highest BCUT2D eigenvalue weighted by molar-refractivity contribution is 6.31. The van der Waals surface area contributed by atoms with Gasteiger partial charge in [0.25, 0.3) is 0 Å². The quantitative estimate of drug-likeness (QED) is 0.274. The molecule has 0 saturated carbocycles. The van der Waals surface area contributed by atoms with Crippen molar-refractivity contribution in [1.82, 2.24) is 15.0 Å². The highest BCUT2D eigenvalue weighted by atomic mass is 35.5. The highest BCUT2D eigenvalue weighted by Crippen LogP contribution is 2.37. The number of aryl methyl sites for hydroxylation is 2. The number of hydrogen-bond donors (Lipinski definition) is 1. The summed E-state index contributed by atoms with van der Waals surface area (Å²) in [5.74, 6) is -0.464. The lowest BCUT2D eigenvalue weighted by molar-refractivity contribution is -0.137. The molecule has 9 heteroatoms. The van der Waals surface area contributed by atoms with E-state index in [1.165, 1.54) is 18.2 Å². The van der Waals surface area contributed by atoms with E-state index in [4.69, 9.17) is 11.6 Å². The smallest absolute Gasteiger partial charge is 0.358 e. The summed E-state index contributed by atoms with van der Waals surface area (Å²) in [6, 6.07) is 8.36. The monoisotopic (exact) mass is 509 g/mol. The van der Waals surface area contributed by atoms with Gasteiger partial charge in [-0.1, -0.05) is 44.0 Å². The van der Waals surface area contributed by atoms with Crippen LogP contribution in [0, 0.1) is 18.6 Å². The van der Waals surface area contributed by atoms with E-state index in [0.29, 0.717) is 23.1 Å². The Morgan fingerprint density at radius 1 is 1.00 bits per heavy atom. The Bertz CT molecular complexity index is 1240. The third kappa shape index (κ3) is 6.36. The molecule has 1 N–H and O–H groups in total. The van der Waals surface area contributed by atoms with E-state index in [9.17, 15) is 22.0 Å². The van der Waals surface area contributed by atoms with Crippen molar-refractivity contribution in [3.63, 3.8) is 0 Å². The Hall–Kier alpha value is -3.00. The molecule has 0 aliphatic rings. The summed E-state index contributed by atoms with van der Waals surface area (Å²) >= 11 is 5.96. The molecule has 3 nitrogen and oxygen atoms in total. The summed E-state index contributed by atoms with van der Waals surface area (Å²) in [5, 5.41) is 0.540. The van der Waals surface area contributed by atoms with Gasteiger partial charge in [-0.2, -0.15) is 13.2 Å². The number of alkyl halides is 3. The maximum Gasteiger partial charge on any atom is 0.416 e. The summed E-state index contributed by atoms with van der Waals surface area (Å²) in [4.78, 5) is 10.4. The minimum atomic E-state index is -4.37. The van der Waals surface area contributed by atoms with Crippen LogP contribution in [0.5, 0.6) is 0 Å². The zero-order chi connectivity index (χ0) is 25.8. The summed E-state index contributed by atoms with van der Waals surface area (Å²) in [7, 11) is 0. The lowest BCUT2D eigenvalue weighted by atomic mass is 9.92. The molecule has 2 heterocycles. The highest BCUT2D eigenvalue weighted by Gasteiger charge is 2.30. The average molecular weight is 510 g/mol. The van der Waals surface area contributed by atoms with Crippen molar-refractivity contribution < 1.29 is 22.0 Å². The van der Waals surface area contributed by atoms with Gasteiger partial charge in [0.2, 0.25) is 0 Å². The van der Waals surface area contributed by atoms with E-state index in [0.717, 1.165) is 54.2 Å². The molecule has 2 aromatic carbocycles. The summed E-state index contributed by atoms with van der Waals surface area (Å²) in [6.45, 7) is 5.67. The van der Waals surface area contributed by atoms with Crippen LogP contribution in [-0.2, 0) is 12.6 Å². The number of halogens is 6. The maximum atomic E-state index is 14.7. The summed E-state index contributed by atoms with van der Waals surface area (Å²) < 4.78 is 65.1. The Morgan fingerprint density at radius 2 is 1.63 bits per heavy atom. The SMILES string of the molecule is CCCCc1c(C(C)c2ccc(C(F)(F)F)cc2)[nH]c2ccc(Cl)c(F)c12.Cc1ncc(F)cn1. The molecule has 2 aromatic heterocycles. The second kappa shape index (κ2) is 11.2. The van der Waals surface area contributed by atoms with E-state index in [2.05, 4.69) is 21.9 Å². The van der Waals surface area contributed by atoms with Crippen LogP contribution in [0.2, 0.25) is 5.02 Å². The molecule has 0 radical (unpaired) electrons. The normalized spacial score (nSPS) is 12.4. The topological polar surface area (TPSA) is 41.6 Å². The van der Waals surface area contributed by atoms with Crippen molar-refractivity contribution in [2.75, 3.05) is 0 Å². The van der Waals surface area contributed by atoms with Crippen LogP contribution in [0.3, 0.4) is 0 Å². The second-order valence-corrected chi connectivity index (χ2v) is 8.60. The minimum absolute atomic E-state index is 0.0629. The summed E-state index contributed by atoms with van der Waals surface area (Å²) in [5.41, 5.74) is 2.37. The fourth-order valence-corrected chi connectivity index (χ4v) is 3.95. The number of hydrogen-bond acceptors (Lipinski definition) is 2. The van der Waals surface area contributed by atoms with Gasteiger partial charge >= 0.3 is 6.18 Å². The molecule has 0 saturated heterocycles. The zero-order valence-electron chi connectivity index (χ0n) is 19.5. The van der Waals surface area contributed by atoms with Gasteiger partial charge in [-0.05, 0) is 55.2 Å². The lowest BCUT2D eigenvalue weighted by Gasteiger charge is -2.15. The molecule has 0 aliphatic heterocycles. The fraction of sp³-hybridized carbons (Fsp3) is 0.308. The maximum absolute atomic E-state index is 14.7. The molecule has 186 valence electrons. The first kappa shape index (κ1) is 26.6. The molecule has 1 atom stereocenters. The van der Waals surface area contributed by atoms with E-state index < -0.39 is 23.4 Å². The summed E-state index contributed by atoms with van der Waals surface area (Å²) in [6.07, 6.45) is 0.419. The van der Waals surface area contributed by atoms with Gasteiger partial charge in [-0.15, -0.1) is 0 Å². The van der Waals surface area contributed by atoms with Crippen LogP contribution in [0.25, 0.3) is 10.9 Å². The van der Waals surface area contributed by atoms with E-state index in [1.54, 1.807) is 13.0 Å². The van der Waals surface area contributed by atoms with Crippen molar-refractivity contribution in [2.45, 2.75) is 52.1 Å². The predicted octanol–water partition coefficient (Wildman–Crippen LogP) is 8.40. The Labute approximate surface area is 205 Å². The van der Waals surface area contributed by atoms with Crippen LogP contribution in [0.1, 0.15) is 60.8 Å². The van der Waals surface area contributed by atoms with Crippen LogP contribution in [0.4, 0.5) is 22.0 Å². The van der Waals surface area contributed by atoms with Crippen molar-refractivity contribution in [1.29, 1.82) is 0 Å². The third-order valence-corrected chi connectivity index (χ3v) is 5.98. The number of fused-ring (bicyclic) bond motifs is 1. The molecule has 1 unspecified atom stereocenters. The fourth-order valence-electron chi connectivity index (χ4n) is 3.79. The van der Waals surface area contributed by atoms with Gasteiger partial charge < -0.3 is 4.98 Å². The number of nitrogens with zero attached hydrogens (tertiary/aromatic N) is 2. The van der Waals surface area contributed by atoms with Gasteiger partial charge in [0.15, 0.2) is 11.6 Å². The number of H-pyrrole nitrogens is 1. The van der Waals surface area contributed by atoms with E-state index in [-0.39, 0.29) is 10.9 Å². The number of benzene rings is 2. The molecular formula is C26H25ClF5N3. The van der Waals surface area contributed by atoms with Crippen molar-refractivity contribution in [2.24, 2.45) is 0 Å². The first-order valence-corrected chi connectivity index (χ1v) is 11.5. The second-order valence-electron chi connectivity index (χ2n) is 8.19. The third-order valence-electron chi connectivity index (χ3n) is 5.69. The number of rotatable bonds is 5. The molecule has 4 rings (SSSR count). The largest absolute Gasteiger partial charge is 0.416 e. The van der Waals surface area contributed by atoms with Crippen LogP contribution in [-0.4, -0.2) is 15.0 Å². The van der Waals surface area contributed by atoms with Crippen LogP contribution < -0.4 is 0 Å². The van der Waals surface area contributed by atoms with Crippen molar-refractivity contribution >= 4 is 22.5 Å². The molecule has 35 heavy (non-hydrogen) atoms. The minimum Gasteiger partial charge on any atom is -0.358 e. The van der Waals surface area contributed by atoms with Crippen LogP contribution >= 0.6 is 11.6 Å². The molecule has 0 spiro atoms. The molecular weight excluding hydrogens is 485 g/mol. The van der Waals surface area contributed by atoms with E-state index >= 15 is 0 Å². The molecule has 0 fully saturated rings. The molecule has 0 bridgehead atoms. The van der Waals surface area contributed by atoms with Gasteiger partial charge in [0.05, 0.1) is 23.0 Å². The Balaban J connectivity index is 0.000000363. The molecule has 0 aliphatic carbocycles. The van der Waals surface area contributed by atoms with Gasteiger partial charge in [-0.3, -0.25) is 0 Å². The lowest BCUT2D eigenvalue weighted by Crippen LogP contribution is -2.06. The number of nitrogens with one attached hydrogen (secondary N) is 1. The van der Waals surface area contributed by atoms with Crippen molar-refractivity contribution in [3.05, 3.63) is 93.7 Å².